The molecule has 150 valence electrons. The van der Waals surface area contributed by atoms with Crippen molar-refractivity contribution < 1.29 is 14.1 Å². The summed E-state index contributed by atoms with van der Waals surface area (Å²) in [5, 5.41) is 12.2. The zero-order valence-electron chi connectivity index (χ0n) is 15.5. The van der Waals surface area contributed by atoms with Gasteiger partial charge in [0.15, 0.2) is 5.82 Å². The number of primary amides is 1. The summed E-state index contributed by atoms with van der Waals surface area (Å²) in [5.41, 5.74) is 12.1. The number of anilines is 4. The number of nitrogens with zero attached hydrogens (tertiary/aromatic N) is 3. The van der Waals surface area contributed by atoms with Crippen LogP contribution in [-0.4, -0.2) is 39.5 Å². The number of hydrogen-bond acceptors (Lipinski definition) is 9. The summed E-state index contributed by atoms with van der Waals surface area (Å²) in [6.45, 7) is 2.28. The minimum absolute atomic E-state index is 0.105. The van der Waals surface area contributed by atoms with E-state index in [1.54, 1.807) is 24.3 Å². The maximum atomic E-state index is 12.4. The van der Waals surface area contributed by atoms with Crippen LogP contribution in [-0.2, 0) is 0 Å². The molecule has 0 aliphatic heterocycles. The van der Waals surface area contributed by atoms with Crippen LogP contribution in [0.2, 0.25) is 0 Å². The smallest absolute Gasteiger partial charge is 0.256 e. The summed E-state index contributed by atoms with van der Waals surface area (Å²) in [6.07, 6.45) is 2.67. The van der Waals surface area contributed by atoms with Crippen LogP contribution < -0.4 is 27.4 Å². The topological polar surface area (TPSA) is 174 Å². The summed E-state index contributed by atoms with van der Waals surface area (Å²) in [6, 6.07) is 8.04. The van der Waals surface area contributed by atoms with Crippen molar-refractivity contribution in [2.24, 2.45) is 11.5 Å². The summed E-state index contributed by atoms with van der Waals surface area (Å²) >= 11 is 0. The number of amides is 2. The monoisotopic (exact) mass is 396 g/mol. The number of rotatable bonds is 8. The molecule has 0 saturated carbocycles. The van der Waals surface area contributed by atoms with E-state index in [9.17, 15) is 9.59 Å². The molecule has 0 radical (unpaired) electrons. The molecule has 29 heavy (non-hydrogen) atoms. The third-order valence-electron chi connectivity index (χ3n) is 3.70. The molecule has 0 saturated heterocycles. The van der Waals surface area contributed by atoms with Crippen LogP contribution in [0, 0.1) is 0 Å². The SMILES string of the molecule is CC(N)CNc1ncc(C(N)=O)c(Nc2cccc(C(=O)Nc3ccon3)c2)n1. The highest BCUT2D eigenvalue weighted by atomic mass is 16.5. The van der Waals surface area contributed by atoms with Gasteiger partial charge in [0, 0.05) is 36.1 Å². The van der Waals surface area contributed by atoms with Gasteiger partial charge in [-0.25, -0.2) is 4.98 Å². The van der Waals surface area contributed by atoms with E-state index in [-0.39, 0.29) is 29.3 Å². The maximum Gasteiger partial charge on any atom is 0.256 e. The van der Waals surface area contributed by atoms with Crippen molar-refractivity contribution in [2.75, 3.05) is 22.5 Å². The van der Waals surface area contributed by atoms with Gasteiger partial charge >= 0.3 is 0 Å². The van der Waals surface area contributed by atoms with Crippen LogP contribution in [0.15, 0.2) is 47.3 Å². The summed E-state index contributed by atoms with van der Waals surface area (Å²) in [5.74, 6) is -0.278. The normalized spacial score (nSPS) is 11.5. The number of hydrogen-bond donors (Lipinski definition) is 5. The molecule has 3 rings (SSSR count). The summed E-state index contributed by atoms with van der Waals surface area (Å²) in [4.78, 5) is 32.4. The molecule has 3 aromatic rings. The van der Waals surface area contributed by atoms with Gasteiger partial charge < -0.3 is 31.9 Å². The van der Waals surface area contributed by atoms with Crippen molar-refractivity contribution in [3.63, 3.8) is 0 Å². The van der Waals surface area contributed by atoms with Crippen molar-refractivity contribution in [3.05, 3.63) is 53.9 Å². The lowest BCUT2D eigenvalue weighted by atomic mass is 10.2. The quantitative estimate of drug-likeness (QED) is 0.376. The molecule has 11 nitrogen and oxygen atoms in total. The second-order valence-electron chi connectivity index (χ2n) is 6.22. The van der Waals surface area contributed by atoms with Gasteiger partial charge in [-0.05, 0) is 25.1 Å². The lowest BCUT2D eigenvalue weighted by Crippen LogP contribution is -2.26. The van der Waals surface area contributed by atoms with Gasteiger partial charge in [-0.1, -0.05) is 11.2 Å². The predicted octanol–water partition coefficient (Wildman–Crippen LogP) is 1.32. The Bertz CT molecular complexity index is 1000. The minimum Gasteiger partial charge on any atom is -0.365 e. The highest BCUT2D eigenvalue weighted by molar-refractivity contribution is 6.04. The van der Waals surface area contributed by atoms with Crippen LogP contribution in [0.1, 0.15) is 27.6 Å². The van der Waals surface area contributed by atoms with E-state index in [2.05, 4.69) is 35.6 Å². The average molecular weight is 396 g/mol. The van der Waals surface area contributed by atoms with Crippen LogP contribution >= 0.6 is 0 Å². The zero-order chi connectivity index (χ0) is 20.8. The van der Waals surface area contributed by atoms with E-state index in [1.807, 2.05) is 6.92 Å². The molecular formula is C18H20N8O3. The van der Waals surface area contributed by atoms with E-state index >= 15 is 0 Å². The molecule has 0 bridgehead atoms. The Morgan fingerprint density at radius 3 is 2.79 bits per heavy atom. The van der Waals surface area contributed by atoms with E-state index in [4.69, 9.17) is 11.5 Å². The first-order valence-corrected chi connectivity index (χ1v) is 8.67. The van der Waals surface area contributed by atoms with E-state index in [0.29, 0.717) is 23.6 Å². The van der Waals surface area contributed by atoms with Gasteiger partial charge in [-0.15, -0.1) is 0 Å². The Labute approximate surface area is 165 Å². The summed E-state index contributed by atoms with van der Waals surface area (Å²) in [7, 11) is 0. The fourth-order valence-corrected chi connectivity index (χ4v) is 2.34. The first-order chi connectivity index (χ1) is 13.9. The largest absolute Gasteiger partial charge is 0.365 e. The average Bonchev–Trinajstić information content (AvgIpc) is 3.19. The zero-order valence-corrected chi connectivity index (χ0v) is 15.5. The van der Waals surface area contributed by atoms with Gasteiger partial charge in [0.2, 0.25) is 5.95 Å². The molecule has 2 heterocycles. The number of carbonyl (C=O) groups is 2. The second-order valence-corrected chi connectivity index (χ2v) is 6.22. The Morgan fingerprint density at radius 2 is 2.10 bits per heavy atom. The van der Waals surface area contributed by atoms with Crippen molar-refractivity contribution >= 4 is 35.1 Å². The van der Waals surface area contributed by atoms with Crippen LogP contribution in [0.25, 0.3) is 0 Å². The van der Waals surface area contributed by atoms with E-state index in [0.717, 1.165) is 0 Å². The number of benzene rings is 1. The first-order valence-electron chi connectivity index (χ1n) is 8.67. The van der Waals surface area contributed by atoms with Crippen LogP contribution in [0.4, 0.5) is 23.3 Å². The molecule has 1 unspecified atom stereocenters. The van der Waals surface area contributed by atoms with Crippen LogP contribution in [0.3, 0.4) is 0 Å². The molecule has 1 aromatic carbocycles. The lowest BCUT2D eigenvalue weighted by molar-refractivity contribution is 0.0997. The lowest BCUT2D eigenvalue weighted by Gasteiger charge is -2.13. The molecule has 0 fully saturated rings. The minimum atomic E-state index is -0.689. The van der Waals surface area contributed by atoms with E-state index < -0.39 is 5.91 Å². The fraction of sp³-hybridized carbons (Fsp3) is 0.167. The Morgan fingerprint density at radius 1 is 1.28 bits per heavy atom. The van der Waals surface area contributed by atoms with Gasteiger partial charge in [0.25, 0.3) is 11.8 Å². The Kier molecular flexibility index (Phi) is 6.00. The van der Waals surface area contributed by atoms with Gasteiger partial charge in [-0.2, -0.15) is 4.98 Å². The van der Waals surface area contributed by atoms with Gasteiger partial charge in [0.1, 0.15) is 17.6 Å². The van der Waals surface area contributed by atoms with Crippen molar-refractivity contribution in [1.29, 1.82) is 0 Å². The molecule has 1 atom stereocenters. The third-order valence-corrected chi connectivity index (χ3v) is 3.70. The molecule has 0 aliphatic carbocycles. The van der Waals surface area contributed by atoms with Crippen LogP contribution in [0.5, 0.6) is 0 Å². The maximum absolute atomic E-state index is 12.4. The number of aromatic nitrogens is 3. The standard InChI is InChI=1S/C18H20N8O3/c1-10(19)8-21-18-22-9-13(15(20)27)16(25-18)23-12-4-2-3-11(7-12)17(28)24-14-5-6-29-26-14/h2-7,9-10H,8,19H2,1H3,(H2,20,27)(H,24,26,28)(H2,21,22,23,25). The Balaban J connectivity index is 1.82. The molecule has 2 aromatic heterocycles. The van der Waals surface area contributed by atoms with Crippen molar-refractivity contribution in [1.82, 2.24) is 15.1 Å². The molecule has 7 N–H and O–H groups in total. The van der Waals surface area contributed by atoms with Gasteiger partial charge in [-0.3, -0.25) is 9.59 Å². The van der Waals surface area contributed by atoms with Crippen molar-refractivity contribution in [3.8, 4) is 0 Å². The number of carbonyl (C=O) groups excluding carboxylic acids is 2. The summed E-state index contributed by atoms with van der Waals surface area (Å²) < 4.78 is 4.69. The Hall–Kier alpha value is -3.99. The van der Waals surface area contributed by atoms with E-state index in [1.165, 1.54) is 18.5 Å². The highest BCUT2D eigenvalue weighted by Crippen LogP contribution is 2.21. The molecule has 2 amide bonds. The molecule has 0 aliphatic rings. The second kappa shape index (κ2) is 8.80. The fourth-order valence-electron chi connectivity index (χ4n) is 2.34. The molecular weight excluding hydrogens is 376 g/mol. The number of nitrogens with one attached hydrogen (secondary N) is 3. The molecule has 11 heteroatoms. The van der Waals surface area contributed by atoms with Gasteiger partial charge in [0.05, 0.1) is 0 Å². The number of nitrogens with two attached hydrogens (primary N) is 2. The predicted molar refractivity (Wildman–Crippen MR) is 107 cm³/mol. The molecule has 0 spiro atoms. The van der Waals surface area contributed by atoms with Crippen molar-refractivity contribution in [2.45, 2.75) is 13.0 Å². The highest BCUT2D eigenvalue weighted by Gasteiger charge is 2.14. The third kappa shape index (κ3) is 5.26. The first kappa shape index (κ1) is 19.8.